The molecule has 1 amide bonds. The first-order valence-corrected chi connectivity index (χ1v) is 10.7. The smallest absolute Gasteiger partial charge is 0.282 e. The first kappa shape index (κ1) is 20.5. The molecule has 0 saturated heterocycles. The fourth-order valence-corrected chi connectivity index (χ4v) is 5.08. The standard InChI is InChI=1S/C21H27N3O3S/c1-3-4-8-19-20-16(10-13-28-20)14-15(2)23(19)12-11-22-21(25)17-7-5-6-9-18(17)24(26)27/h5-7,9-10,13,15,19H,3-4,8,11-12,14H2,1-2H3,(H,22,25)/t15-,19+/m1/s1. The number of nitrogens with one attached hydrogen (secondary N) is 1. The number of carbonyl (C=O) groups excluding carboxylic acids is 1. The highest BCUT2D eigenvalue weighted by molar-refractivity contribution is 7.10. The molecule has 0 fully saturated rings. The zero-order chi connectivity index (χ0) is 20.1. The maximum atomic E-state index is 12.5. The van der Waals surface area contributed by atoms with Crippen molar-refractivity contribution in [2.45, 2.75) is 51.6 Å². The summed E-state index contributed by atoms with van der Waals surface area (Å²) in [6, 6.07) is 9.12. The first-order chi connectivity index (χ1) is 13.5. The largest absolute Gasteiger partial charge is 0.351 e. The number of benzene rings is 1. The van der Waals surface area contributed by atoms with Gasteiger partial charge in [0.25, 0.3) is 11.6 Å². The summed E-state index contributed by atoms with van der Waals surface area (Å²) in [7, 11) is 0. The third-order valence-corrected chi connectivity index (χ3v) is 6.46. The number of rotatable bonds is 8. The molecule has 6 nitrogen and oxygen atoms in total. The molecule has 0 spiro atoms. The number of hydrogen-bond acceptors (Lipinski definition) is 5. The second-order valence-corrected chi connectivity index (χ2v) is 8.24. The van der Waals surface area contributed by atoms with Gasteiger partial charge in [0.15, 0.2) is 0 Å². The van der Waals surface area contributed by atoms with E-state index >= 15 is 0 Å². The van der Waals surface area contributed by atoms with Crippen molar-refractivity contribution in [2.24, 2.45) is 0 Å². The van der Waals surface area contributed by atoms with E-state index in [9.17, 15) is 14.9 Å². The van der Waals surface area contributed by atoms with E-state index in [1.165, 1.54) is 29.0 Å². The second-order valence-electron chi connectivity index (χ2n) is 7.29. The topological polar surface area (TPSA) is 75.5 Å². The maximum Gasteiger partial charge on any atom is 0.282 e. The Balaban J connectivity index is 1.66. The van der Waals surface area contributed by atoms with Crippen LogP contribution >= 0.6 is 11.3 Å². The molecule has 0 radical (unpaired) electrons. The van der Waals surface area contributed by atoms with E-state index in [-0.39, 0.29) is 17.2 Å². The van der Waals surface area contributed by atoms with Crippen molar-refractivity contribution in [1.29, 1.82) is 0 Å². The molecule has 1 aromatic carbocycles. The zero-order valence-electron chi connectivity index (χ0n) is 16.4. The highest BCUT2D eigenvalue weighted by Crippen LogP contribution is 2.39. The van der Waals surface area contributed by atoms with Crippen LogP contribution < -0.4 is 5.32 Å². The van der Waals surface area contributed by atoms with Gasteiger partial charge in [-0.3, -0.25) is 19.8 Å². The molecule has 2 atom stereocenters. The minimum Gasteiger partial charge on any atom is -0.351 e. The quantitative estimate of drug-likeness (QED) is 0.519. The van der Waals surface area contributed by atoms with Crippen LogP contribution in [0.4, 0.5) is 5.69 Å². The van der Waals surface area contributed by atoms with Crippen LogP contribution in [0, 0.1) is 10.1 Å². The summed E-state index contributed by atoms with van der Waals surface area (Å²) in [5.74, 6) is -0.390. The van der Waals surface area contributed by atoms with Gasteiger partial charge < -0.3 is 5.32 Å². The summed E-state index contributed by atoms with van der Waals surface area (Å²) in [5.41, 5.74) is 1.41. The fourth-order valence-electron chi connectivity index (χ4n) is 3.99. The van der Waals surface area contributed by atoms with Crippen molar-refractivity contribution in [2.75, 3.05) is 13.1 Å². The number of unbranched alkanes of at least 4 members (excludes halogenated alkanes) is 1. The molecule has 28 heavy (non-hydrogen) atoms. The van der Waals surface area contributed by atoms with Crippen molar-refractivity contribution in [3.63, 3.8) is 0 Å². The Kier molecular flexibility index (Phi) is 6.80. The summed E-state index contributed by atoms with van der Waals surface area (Å²) < 4.78 is 0. The summed E-state index contributed by atoms with van der Waals surface area (Å²) >= 11 is 1.83. The van der Waals surface area contributed by atoms with E-state index in [4.69, 9.17) is 0 Å². The molecule has 1 aliphatic rings. The van der Waals surface area contributed by atoms with Crippen LogP contribution in [0.1, 0.15) is 60.0 Å². The highest BCUT2D eigenvalue weighted by Gasteiger charge is 2.32. The van der Waals surface area contributed by atoms with Gasteiger partial charge in [-0.15, -0.1) is 11.3 Å². The van der Waals surface area contributed by atoms with Gasteiger partial charge in [-0.05, 0) is 42.8 Å². The highest BCUT2D eigenvalue weighted by atomic mass is 32.1. The van der Waals surface area contributed by atoms with E-state index in [1.54, 1.807) is 12.1 Å². The van der Waals surface area contributed by atoms with Crippen molar-refractivity contribution < 1.29 is 9.72 Å². The van der Waals surface area contributed by atoms with E-state index < -0.39 is 4.92 Å². The summed E-state index contributed by atoms with van der Waals surface area (Å²) in [6.07, 6.45) is 4.48. The lowest BCUT2D eigenvalue weighted by atomic mass is 9.93. The van der Waals surface area contributed by atoms with Crippen molar-refractivity contribution >= 4 is 22.9 Å². The summed E-state index contributed by atoms with van der Waals surface area (Å²) in [6.45, 7) is 5.65. The summed E-state index contributed by atoms with van der Waals surface area (Å²) in [4.78, 5) is 27.0. The minimum atomic E-state index is -0.513. The van der Waals surface area contributed by atoms with Gasteiger partial charge in [-0.2, -0.15) is 0 Å². The second kappa shape index (κ2) is 9.30. The Morgan fingerprint density at radius 2 is 2.14 bits per heavy atom. The zero-order valence-corrected chi connectivity index (χ0v) is 17.2. The third kappa shape index (κ3) is 4.42. The van der Waals surface area contributed by atoms with Gasteiger partial charge in [0.2, 0.25) is 0 Å². The number of nitrogens with zero attached hydrogens (tertiary/aromatic N) is 2. The lowest BCUT2D eigenvalue weighted by Crippen LogP contribution is -2.45. The van der Waals surface area contributed by atoms with E-state index in [1.807, 2.05) is 11.3 Å². The number of para-hydroxylation sites is 1. The third-order valence-electron chi connectivity index (χ3n) is 5.40. The fraction of sp³-hybridized carbons (Fsp3) is 0.476. The number of thiophene rings is 1. The van der Waals surface area contributed by atoms with E-state index in [0.29, 0.717) is 18.6 Å². The van der Waals surface area contributed by atoms with Crippen LogP contribution in [0.25, 0.3) is 0 Å². The maximum absolute atomic E-state index is 12.5. The van der Waals surface area contributed by atoms with Crippen LogP contribution in [0.5, 0.6) is 0 Å². The van der Waals surface area contributed by atoms with E-state index in [2.05, 4.69) is 35.5 Å². The van der Waals surface area contributed by atoms with Crippen molar-refractivity contribution in [3.05, 3.63) is 61.8 Å². The summed E-state index contributed by atoms with van der Waals surface area (Å²) in [5, 5.41) is 16.2. The molecule has 150 valence electrons. The molecule has 1 aliphatic heterocycles. The van der Waals surface area contributed by atoms with Crippen LogP contribution in [0.3, 0.4) is 0 Å². The molecule has 0 aliphatic carbocycles. The molecule has 0 unspecified atom stereocenters. The van der Waals surface area contributed by atoms with Crippen LogP contribution in [0.2, 0.25) is 0 Å². The molecular formula is C21H27N3O3S. The molecule has 2 aromatic rings. The molecule has 1 aromatic heterocycles. The molecule has 2 heterocycles. The SMILES string of the molecule is CCCC[C@H]1c2sccc2C[C@@H](C)N1CCNC(=O)c1ccccc1[N+](=O)[O-]. The Bertz CT molecular complexity index is 836. The molecule has 1 N–H and O–H groups in total. The number of fused-ring (bicyclic) bond motifs is 1. The van der Waals surface area contributed by atoms with Gasteiger partial charge in [-0.25, -0.2) is 0 Å². The number of carbonyl (C=O) groups is 1. The molecular weight excluding hydrogens is 374 g/mol. The van der Waals surface area contributed by atoms with Crippen LogP contribution in [-0.2, 0) is 6.42 Å². The molecule has 0 bridgehead atoms. The Hall–Kier alpha value is -2.25. The number of nitro benzene ring substituents is 1. The molecule has 3 rings (SSSR count). The van der Waals surface area contributed by atoms with Crippen molar-refractivity contribution in [3.8, 4) is 0 Å². The predicted octanol–water partition coefficient (Wildman–Crippen LogP) is 4.56. The number of hydrogen-bond donors (Lipinski definition) is 1. The Morgan fingerprint density at radius 3 is 2.89 bits per heavy atom. The van der Waals surface area contributed by atoms with Gasteiger partial charge in [0, 0.05) is 36.1 Å². The number of amides is 1. The lowest BCUT2D eigenvalue weighted by Gasteiger charge is -2.40. The van der Waals surface area contributed by atoms with Crippen LogP contribution in [0.15, 0.2) is 35.7 Å². The van der Waals surface area contributed by atoms with Gasteiger partial charge in [0.1, 0.15) is 5.56 Å². The lowest BCUT2D eigenvalue weighted by molar-refractivity contribution is -0.385. The van der Waals surface area contributed by atoms with Gasteiger partial charge >= 0.3 is 0 Å². The average Bonchev–Trinajstić information content (AvgIpc) is 3.15. The normalized spacial score (nSPS) is 19.2. The Labute approximate surface area is 169 Å². The van der Waals surface area contributed by atoms with Crippen molar-refractivity contribution in [1.82, 2.24) is 10.2 Å². The monoisotopic (exact) mass is 401 g/mol. The molecule has 0 saturated carbocycles. The predicted molar refractivity (Wildman–Crippen MR) is 112 cm³/mol. The average molecular weight is 402 g/mol. The number of nitro groups is 1. The Morgan fingerprint density at radius 1 is 1.36 bits per heavy atom. The van der Waals surface area contributed by atoms with Crippen LogP contribution in [-0.4, -0.2) is 34.9 Å². The van der Waals surface area contributed by atoms with E-state index in [0.717, 1.165) is 25.8 Å². The van der Waals surface area contributed by atoms with Gasteiger partial charge in [-0.1, -0.05) is 31.9 Å². The van der Waals surface area contributed by atoms with Gasteiger partial charge in [0.05, 0.1) is 4.92 Å². The molecule has 7 heteroatoms. The first-order valence-electron chi connectivity index (χ1n) is 9.86. The minimum absolute atomic E-state index is 0.113.